The van der Waals surface area contributed by atoms with Crippen molar-refractivity contribution in [1.29, 1.82) is 0 Å². The van der Waals surface area contributed by atoms with Gasteiger partial charge in [0.25, 0.3) is 0 Å². The SMILES string of the molecule is CCN(CC)CCOC(=O)CC1c2ccccc2-c2ccccc21. The summed E-state index contributed by atoms with van der Waals surface area (Å²) >= 11 is 0. The Balaban J connectivity index is 1.68. The Hall–Kier alpha value is -2.13. The van der Waals surface area contributed by atoms with Gasteiger partial charge >= 0.3 is 5.97 Å². The van der Waals surface area contributed by atoms with Crippen LogP contribution in [0.1, 0.15) is 37.3 Å². The Bertz CT molecular complexity index is 661. The van der Waals surface area contributed by atoms with Gasteiger partial charge in [-0.2, -0.15) is 0 Å². The second-order valence-corrected chi connectivity index (χ2v) is 6.18. The predicted molar refractivity (Wildman–Crippen MR) is 97.1 cm³/mol. The molecule has 0 amide bonds. The lowest BCUT2D eigenvalue weighted by Gasteiger charge is -2.18. The summed E-state index contributed by atoms with van der Waals surface area (Å²) in [4.78, 5) is 14.6. The molecule has 0 radical (unpaired) electrons. The molecule has 0 atom stereocenters. The molecule has 1 aliphatic rings. The first-order valence-corrected chi connectivity index (χ1v) is 8.80. The molecule has 2 aromatic carbocycles. The summed E-state index contributed by atoms with van der Waals surface area (Å²) in [6, 6.07) is 16.7. The topological polar surface area (TPSA) is 29.5 Å². The fourth-order valence-electron chi connectivity index (χ4n) is 3.53. The molecule has 0 fully saturated rings. The highest BCUT2D eigenvalue weighted by Gasteiger charge is 2.30. The number of benzene rings is 2. The molecule has 24 heavy (non-hydrogen) atoms. The minimum Gasteiger partial charge on any atom is -0.464 e. The van der Waals surface area contributed by atoms with Gasteiger partial charge in [0.15, 0.2) is 0 Å². The number of hydrogen-bond acceptors (Lipinski definition) is 3. The average molecular weight is 323 g/mol. The van der Waals surface area contributed by atoms with Gasteiger partial charge in [-0.05, 0) is 35.3 Å². The molecule has 0 heterocycles. The van der Waals surface area contributed by atoms with Crippen LogP contribution >= 0.6 is 0 Å². The van der Waals surface area contributed by atoms with Crippen LogP contribution in [0.5, 0.6) is 0 Å². The molecule has 3 rings (SSSR count). The minimum atomic E-state index is -0.112. The molecular weight excluding hydrogens is 298 g/mol. The van der Waals surface area contributed by atoms with Crippen molar-refractivity contribution in [3.63, 3.8) is 0 Å². The van der Waals surface area contributed by atoms with E-state index in [2.05, 4.69) is 55.1 Å². The van der Waals surface area contributed by atoms with Gasteiger partial charge < -0.3 is 9.64 Å². The second kappa shape index (κ2) is 7.63. The van der Waals surface area contributed by atoms with E-state index >= 15 is 0 Å². The average Bonchev–Trinajstić information content (AvgIpc) is 2.93. The van der Waals surface area contributed by atoms with Crippen LogP contribution in [0, 0.1) is 0 Å². The molecule has 0 unspecified atom stereocenters. The monoisotopic (exact) mass is 323 g/mol. The summed E-state index contributed by atoms with van der Waals surface area (Å²) in [6.45, 7) is 7.48. The summed E-state index contributed by atoms with van der Waals surface area (Å²) in [7, 11) is 0. The molecule has 3 nitrogen and oxygen atoms in total. The van der Waals surface area contributed by atoms with E-state index in [0.717, 1.165) is 19.6 Å². The molecular formula is C21H25NO2. The molecule has 0 aromatic heterocycles. The van der Waals surface area contributed by atoms with E-state index < -0.39 is 0 Å². The van der Waals surface area contributed by atoms with E-state index in [9.17, 15) is 4.79 Å². The molecule has 0 saturated heterocycles. The van der Waals surface area contributed by atoms with Crippen molar-refractivity contribution >= 4 is 5.97 Å². The maximum Gasteiger partial charge on any atom is 0.306 e. The van der Waals surface area contributed by atoms with Crippen molar-refractivity contribution in [2.75, 3.05) is 26.2 Å². The third-order valence-electron chi connectivity index (χ3n) is 4.90. The van der Waals surface area contributed by atoms with Crippen LogP contribution in [0.3, 0.4) is 0 Å². The largest absolute Gasteiger partial charge is 0.464 e. The van der Waals surface area contributed by atoms with Crippen LogP contribution in [0.2, 0.25) is 0 Å². The van der Waals surface area contributed by atoms with Gasteiger partial charge in [0.1, 0.15) is 6.61 Å². The van der Waals surface area contributed by atoms with Gasteiger partial charge in [0, 0.05) is 12.5 Å². The maximum absolute atomic E-state index is 12.3. The molecule has 126 valence electrons. The van der Waals surface area contributed by atoms with E-state index in [-0.39, 0.29) is 11.9 Å². The Morgan fingerprint density at radius 1 is 0.958 bits per heavy atom. The number of esters is 1. The van der Waals surface area contributed by atoms with Crippen LogP contribution in [0.4, 0.5) is 0 Å². The van der Waals surface area contributed by atoms with Gasteiger partial charge in [0.2, 0.25) is 0 Å². The fourth-order valence-corrected chi connectivity index (χ4v) is 3.53. The minimum absolute atomic E-state index is 0.110. The molecule has 0 N–H and O–H groups in total. The normalized spacial score (nSPS) is 13.0. The molecule has 1 aliphatic carbocycles. The molecule has 2 aromatic rings. The number of nitrogens with zero attached hydrogens (tertiary/aromatic N) is 1. The van der Waals surface area contributed by atoms with Gasteiger partial charge in [0.05, 0.1) is 6.42 Å². The molecule has 3 heteroatoms. The Morgan fingerprint density at radius 3 is 2.04 bits per heavy atom. The van der Waals surface area contributed by atoms with E-state index in [1.165, 1.54) is 22.3 Å². The lowest BCUT2D eigenvalue weighted by Crippen LogP contribution is -2.28. The highest BCUT2D eigenvalue weighted by molar-refractivity contribution is 5.82. The van der Waals surface area contributed by atoms with Crippen molar-refractivity contribution in [2.24, 2.45) is 0 Å². The summed E-state index contributed by atoms with van der Waals surface area (Å²) < 4.78 is 5.49. The van der Waals surface area contributed by atoms with Crippen LogP contribution in [-0.2, 0) is 9.53 Å². The number of carbonyl (C=O) groups excluding carboxylic acids is 1. The van der Waals surface area contributed by atoms with E-state index in [1.807, 2.05) is 12.1 Å². The number of hydrogen-bond donors (Lipinski definition) is 0. The quantitative estimate of drug-likeness (QED) is 0.719. The Kier molecular flexibility index (Phi) is 5.31. The lowest BCUT2D eigenvalue weighted by atomic mass is 9.94. The summed E-state index contributed by atoms with van der Waals surface area (Å²) in [5, 5.41) is 0. The second-order valence-electron chi connectivity index (χ2n) is 6.18. The van der Waals surface area contributed by atoms with E-state index in [4.69, 9.17) is 4.74 Å². The number of rotatable bonds is 7. The van der Waals surface area contributed by atoms with Crippen LogP contribution in [0.25, 0.3) is 11.1 Å². The van der Waals surface area contributed by atoms with Crippen molar-refractivity contribution in [1.82, 2.24) is 4.90 Å². The first-order chi connectivity index (χ1) is 11.7. The Morgan fingerprint density at radius 2 is 1.50 bits per heavy atom. The van der Waals surface area contributed by atoms with Gasteiger partial charge in [-0.1, -0.05) is 62.4 Å². The third kappa shape index (κ3) is 3.36. The third-order valence-corrected chi connectivity index (χ3v) is 4.90. The molecule has 0 spiro atoms. The predicted octanol–water partition coefficient (Wildman–Crippen LogP) is 4.07. The zero-order valence-electron chi connectivity index (χ0n) is 14.5. The number of ether oxygens (including phenoxy) is 1. The van der Waals surface area contributed by atoms with Crippen LogP contribution in [-0.4, -0.2) is 37.1 Å². The summed E-state index contributed by atoms with van der Waals surface area (Å²) in [5.41, 5.74) is 4.96. The zero-order valence-corrected chi connectivity index (χ0v) is 14.5. The standard InChI is InChI=1S/C21H25NO2/c1-3-22(4-2)13-14-24-21(23)15-20-18-11-7-5-9-16(18)17-10-6-8-12-19(17)20/h5-12,20H,3-4,13-15H2,1-2H3. The fraction of sp³-hybridized carbons (Fsp3) is 0.381. The lowest BCUT2D eigenvalue weighted by molar-refractivity contribution is -0.144. The van der Waals surface area contributed by atoms with Crippen molar-refractivity contribution < 1.29 is 9.53 Å². The number of likely N-dealkylation sites (N-methyl/N-ethyl adjacent to an activating group) is 1. The number of fused-ring (bicyclic) bond motifs is 3. The van der Waals surface area contributed by atoms with Gasteiger partial charge in [-0.25, -0.2) is 0 Å². The first kappa shape index (κ1) is 16.7. The maximum atomic E-state index is 12.3. The smallest absolute Gasteiger partial charge is 0.306 e. The van der Waals surface area contributed by atoms with Crippen LogP contribution < -0.4 is 0 Å². The van der Waals surface area contributed by atoms with Crippen LogP contribution in [0.15, 0.2) is 48.5 Å². The zero-order chi connectivity index (χ0) is 16.9. The molecule has 0 saturated carbocycles. The number of carbonyl (C=O) groups is 1. The van der Waals surface area contributed by atoms with Crippen molar-refractivity contribution in [2.45, 2.75) is 26.2 Å². The molecule has 0 aliphatic heterocycles. The van der Waals surface area contributed by atoms with Gasteiger partial charge in [-0.15, -0.1) is 0 Å². The van der Waals surface area contributed by atoms with Crippen molar-refractivity contribution in [3.8, 4) is 11.1 Å². The van der Waals surface area contributed by atoms with Gasteiger partial charge in [-0.3, -0.25) is 4.79 Å². The summed E-state index contributed by atoms with van der Waals surface area (Å²) in [6.07, 6.45) is 0.409. The van der Waals surface area contributed by atoms with Crippen molar-refractivity contribution in [3.05, 3.63) is 59.7 Å². The highest BCUT2D eigenvalue weighted by Crippen LogP contribution is 2.46. The highest BCUT2D eigenvalue weighted by atomic mass is 16.5. The van der Waals surface area contributed by atoms with E-state index in [0.29, 0.717) is 13.0 Å². The molecule has 0 bridgehead atoms. The Labute approximate surface area is 144 Å². The van der Waals surface area contributed by atoms with E-state index in [1.54, 1.807) is 0 Å². The summed E-state index contributed by atoms with van der Waals surface area (Å²) in [5.74, 6) is -0.00276. The first-order valence-electron chi connectivity index (χ1n) is 8.80.